The van der Waals surface area contributed by atoms with E-state index in [9.17, 15) is 14.7 Å². The number of ketones is 1. The summed E-state index contributed by atoms with van der Waals surface area (Å²) < 4.78 is 11.1. The number of carbonyl (C=O) groups excluding carboxylic acids is 2. The Bertz CT molecular complexity index is 1200. The number of nitrogens with zero attached hydrogens (tertiary/aromatic N) is 1. The van der Waals surface area contributed by atoms with Crippen molar-refractivity contribution >= 4 is 17.4 Å². The molecule has 6 nitrogen and oxygen atoms in total. The zero-order valence-corrected chi connectivity index (χ0v) is 19.2. The lowest BCUT2D eigenvalue weighted by Crippen LogP contribution is -2.31. The zero-order chi connectivity index (χ0) is 24.1. The Morgan fingerprint density at radius 3 is 2.35 bits per heavy atom. The van der Waals surface area contributed by atoms with Gasteiger partial charge >= 0.3 is 0 Å². The molecule has 0 bridgehead atoms. The topological polar surface area (TPSA) is 76.1 Å². The summed E-state index contributed by atoms with van der Waals surface area (Å²) in [6.45, 7) is 2.71. The summed E-state index contributed by atoms with van der Waals surface area (Å²) in [5, 5.41) is 11.1. The molecule has 3 aromatic carbocycles. The maximum atomic E-state index is 13.1. The van der Waals surface area contributed by atoms with Gasteiger partial charge < -0.3 is 19.5 Å². The standard InChI is InChI=1S/C28H27NO5/c1-19-12-14-20(15-13-19)26(30)24-25(29(16-7-17-33-2)28(32)27(24)31)21-8-6-11-23(18-21)34-22-9-4-3-5-10-22/h3-6,8-15,18,25,30H,7,16-17H2,1-2H3/b26-24+/t25-/m1/s1. The SMILES string of the molecule is COCCCN1C(=O)C(=O)/C(=C(/O)c2ccc(C)cc2)[C@H]1c1cccc(Oc2ccccc2)c1. The quantitative estimate of drug-likeness (QED) is 0.217. The molecule has 3 aromatic rings. The summed E-state index contributed by atoms with van der Waals surface area (Å²) in [5.74, 6) is -0.277. The molecule has 0 spiro atoms. The third-order valence-electron chi connectivity index (χ3n) is 5.77. The molecule has 1 N–H and O–H groups in total. The van der Waals surface area contributed by atoms with Crippen molar-refractivity contribution in [3.05, 3.63) is 101 Å². The van der Waals surface area contributed by atoms with Gasteiger partial charge in [0.25, 0.3) is 11.7 Å². The Morgan fingerprint density at radius 2 is 1.65 bits per heavy atom. The van der Waals surface area contributed by atoms with Gasteiger partial charge in [0.2, 0.25) is 0 Å². The van der Waals surface area contributed by atoms with Gasteiger partial charge in [0, 0.05) is 25.8 Å². The number of benzene rings is 3. The lowest BCUT2D eigenvalue weighted by molar-refractivity contribution is -0.140. The van der Waals surface area contributed by atoms with Gasteiger partial charge in [-0.05, 0) is 43.2 Å². The molecule has 34 heavy (non-hydrogen) atoms. The molecule has 1 heterocycles. The second-order valence-electron chi connectivity index (χ2n) is 8.19. The molecule has 1 saturated heterocycles. The number of rotatable bonds is 8. The molecule has 0 radical (unpaired) electrons. The van der Waals surface area contributed by atoms with E-state index in [1.54, 1.807) is 25.3 Å². The van der Waals surface area contributed by atoms with E-state index in [1.807, 2.05) is 67.6 Å². The van der Waals surface area contributed by atoms with Crippen molar-refractivity contribution in [1.29, 1.82) is 0 Å². The smallest absolute Gasteiger partial charge is 0.295 e. The Kier molecular flexibility index (Phi) is 7.09. The number of amides is 1. The van der Waals surface area contributed by atoms with E-state index >= 15 is 0 Å². The molecule has 1 atom stereocenters. The van der Waals surface area contributed by atoms with Crippen molar-refractivity contribution in [2.75, 3.05) is 20.3 Å². The van der Waals surface area contributed by atoms with Crippen molar-refractivity contribution in [3.63, 3.8) is 0 Å². The number of methoxy groups -OCH3 is 1. The number of Topliss-reactive ketones (excluding diaryl/α,β-unsaturated/α-hetero) is 1. The third-order valence-corrected chi connectivity index (χ3v) is 5.77. The molecular formula is C28H27NO5. The Labute approximate surface area is 199 Å². The van der Waals surface area contributed by atoms with Crippen LogP contribution < -0.4 is 4.74 Å². The molecule has 1 amide bonds. The number of ether oxygens (including phenoxy) is 2. The van der Waals surface area contributed by atoms with E-state index < -0.39 is 17.7 Å². The van der Waals surface area contributed by atoms with E-state index in [4.69, 9.17) is 9.47 Å². The van der Waals surface area contributed by atoms with Crippen molar-refractivity contribution in [3.8, 4) is 11.5 Å². The van der Waals surface area contributed by atoms with Crippen molar-refractivity contribution in [2.45, 2.75) is 19.4 Å². The second kappa shape index (κ2) is 10.4. The highest BCUT2D eigenvalue weighted by Gasteiger charge is 2.45. The van der Waals surface area contributed by atoms with E-state index in [2.05, 4.69) is 0 Å². The predicted octanol–water partition coefficient (Wildman–Crippen LogP) is 5.25. The lowest BCUT2D eigenvalue weighted by atomic mass is 9.95. The summed E-state index contributed by atoms with van der Waals surface area (Å²) in [4.78, 5) is 27.6. The van der Waals surface area contributed by atoms with Crippen LogP contribution in [-0.4, -0.2) is 42.0 Å². The van der Waals surface area contributed by atoms with Crippen molar-refractivity contribution in [1.82, 2.24) is 4.90 Å². The number of hydrogen-bond donors (Lipinski definition) is 1. The van der Waals surface area contributed by atoms with Gasteiger partial charge in [0.15, 0.2) is 0 Å². The highest BCUT2D eigenvalue weighted by Crippen LogP contribution is 2.40. The van der Waals surface area contributed by atoms with Gasteiger partial charge in [-0.25, -0.2) is 0 Å². The number of likely N-dealkylation sites (tertiary alicyclic amines) is 1. The molecule has 1 aliphatic rings. The van der Waals surface area contributed by atoms with Gasteiger partial charge in [0.05, 0.1) is 11.6 Å². The Hall–Kier alpha value is -3.90. The van der Waals surface area contributed by atoms with Crippen LogP contribution in [0.25, 0.3) is 5.76 Å². The number of para-hydroxylation sites is 1. The highest BCUT2D eigenvalue weighted by molar-refractivity contribution is 6.46. The fraction of sp³-hybridized carbons (Fsp3) is 0.214. The fourth-order valence-electron chi connectivity index (χ4n) is 4.08. The number of aryl methyl sites for hydroxylation is 1. The van der Waals surface area contributed by atoms with Crippen LogP contribution in [0.4, 0.5) is 0 Å². The van der Waals surface area contributed by atoms with E-state index in [0.29, 0.717) is 42.2 Å². The fourth-order valence-corrected chi connectivity index (χ4v) is 4.08. The number of aliphatic hydroxyl groups is 1. The van der Waals surface area contributed by atoms with Crippen LogP contribution >= 0.6 is 0 Å². The lowest BCUT2D eigenvalue weighted by Gasteiger charge is -2.25. The maximum absolute atomic E-state index is 13.1. The van der Waals surface area contributed by atoms with Gasteiger partial charge in [-0.15, -0.1) is 0 Å². The molecule has 0 aromatic heterocycles. The van der Waals surface area contributed by atoms with Crippen LogP contribution in [0.15, 0.2) is 84.4 Å². The molecule has 174 valence electrons. The highest BCUT2D eigenvalue weighted by atomic mass is 16.5. The summed E-state index contributed by atoms with van der Waals surface area (Å²) in [5.41, 5.74) is 2.27. The van der Waals surface area contributed by atoms with Crippen LogP contribution in [0.1, 0.15) is 29.2 Å². The predicted molar refractivity (Wildman–Crippen MR) is 130 cm³/mol. The summed E-state index contributed by atoms with van der Waals surface area (Å²) in [6.07, 6.45) is 0.560. The molecular weight excluding hydrogens is 430 g/mol. The number of carbonyl (C=O) groups is 2. The van der Waals surface area contributed by atoms with E-state index in [0.717, 1.165) is 5.56 Å². The first-order chi connectivity index (χ1) is 16.5. The molecule has 0 saturated carbocycles. The van der Waals surface area contributed by atoms with Crippen LogP contribution in [-0.2, 0) is 14.3 Å². The van der Waals surface area contributed by atoms with Crippen LogP contribution in [0.5, 0.6) is 11.5 Å². The summed E-state index contributed by atoms with van der Waals surface area (Å²) in [7, 11) is 1.59. The first kappa shape index (κ1) is 23.3. The molecule has 4 rings (SSSR count). The normalized spacial score (nSPS) is 17.2. The largest absolute Gasteiger partial charge is 0.507 e. The Balaban J connectivity index is 1.78. The Morgan fingerprint density at radius 1 is 0.941 bits per heavy atom. The van der Waals surface area contributed by atoms with Gasteiger partial charge in [0.1, 0.15) is 17.3 Å². The average Bonchev–Trinajstić information content (AvgIpc) is 3.10. The summed E-state index contributed by atoms with van der Waals surface area (Å²) in [6, 6.07) is 23.1. The second-order valence-corrected chi connectivity index (χ2v) is 8.19. The van der Waals surface area contributed by atoms with Crippen LogP contribution in [0.2, 0.25) is 0 Å². The number of hydrogen-bond acceptors (Lipinski definition) is 5. The monoisotopic (exact) mass is 457 g/mol. The first-order valence-corrected chi connectivity index (χ1v) is 11.2. The van der Waals surface area contributed by atoms with E-state index in [1.165, 1.54) is 4.90 Å². The first-order valence-electron chi connectivity index (χ1n) is 11.2. The molecule has 1 aliphatic heterocycles. The summed E-state index contributed by atoms with van der Waals surface area (Å²) >= 11 is 0. The molecule has 0 aliphatic carbocycles. The molecule has 6 heteroatoms. The van der Waals surface area contributed by atoms with Crippen LogP contribution in [0, 0.1) is 6.92 Å². The van der Waals surface area contributed by atoms with Crippen LogP contribution in [0.3, 0.4) is 0 Å². The van der Waals surface area contributed by atoms with Crippen molar-refractivity contribution in [2.24, 2.45) is 0 Å². The van der Waals surface area contributed by atoms with Gasteiger partial charge in [-0.2, -0.15) is 0 Å². The maximum Gasteiger partial charge on any atom is 0.295 e. The number of aliphatic hydroxyl groups excluding tert-OH is 1. The minimum atomic E-state index is -0.738. The molecule has 0 unspecified atom stereocenters. The minimum Gasteiger partial charge on any atom is -0.507 e. The average molecular weight is 458 g/mol. The molecule has 1 fully saturated rings. The minimum absolute atomic E-state index is 0.0723. The van der Waals surface area contributed by atoms with E-state index in [-0.39, 0.29) is 11.3 Å². The van der Waals surface area contributed by atoms with Gasteiger partial charge in [-0.1, -0.05) is 60.2 Å². The third kappa shape index (κ3) is 4.87. The van der Waals surface area contributed by atoms with Gasteiger partial charge in [-0.3, -0.25) is 9.59 Å². The zero-order valence-electron chi connectivity index (χ0n) is 19.2. The van der Waals surface area contributed by atoms with Crippen molar-refractivity contribution < 1.29 is 24.2 Å².